The number of rotatable bonds is 2. The Balaban J connectivity index is 1.84. The van der Waals surface area contributed by atoms with E-state index in [2.05, 4.69) is 12.2 Å². The second kappa shape index (κ2) is 2.46. The molecule has 3 heteroatoms. The molecule has 2 aliphatic rings. The smallest absolute Gasteiger partial charge is 0.230 e. The number of hydrogen-bond acceptors (Lipinski definition) is 2. The van der Waals surface area contributed by atoms with Gasteiger partial charge in [0.2, 0.25) is 5.91 Å². The van der Waals surface area contributed by atoms with Gasteiger partial charge in [0.25, 0.3) is 0 Å². The summed E-state index contributed by atoms with van der Waals surface area (Å²) >= 11 is 0. The van der Waals surface area contributed by atoms with Crippen LogP contribution in [0.2, 0.25) is 0 Å². The first-order chi connectivity index (χ1) is 5.62. The number of hydrogen-bond donors (Lipinski definition) is 1. The molecule has 2 atom stereocenters. The van der Waals surface area contributed by atoms with E-state index in [1.807, 2.05) is 6.92 Å². The van der Waals surface area contributed by atoms with Gasteiger partial charge in [-0.15, -0.1) is 0 Å². The molecule has 2 rings (SSSR count). The van der Waals surface area contributed by atoms with Gasteiger partial charge < -0.3 is 10.1 Å². The zero-order valence-electron chi connectivity index (χ0n) is 7.59. The van der Waals surface area contributed by atoms with Gasteiger partial charge in [-0.1, -0.05) is 6.92 Å². The van der Waals surface area contributed by atoms with Crippen molar-refractivity contribution in [2.24, 2.45) is 11.3 Å². The fourth-order valence-corrected chi connectivity index (χ4v) is 1.41. The highest BCUT2D eigenvalue weighted by Crippen LogP contribution is 2.32. The van der Waals surface area contributed by atoms with Crippen LogP contribution < -0.4 is 5.32 Å². The number of carbonyl (C=O) groups is 1. The van der Waals surface area contributed by atoms with E-state index >= 15 is 0 Å². The van der Waals surface area contributed by atoms with Gasteiger partial charge in [-0.05, 0) is 19.3 Å². The number of carbonyl (C=O) groups excluding carboxylic acids is 1. The molecule has 0 aromatic heterocycles. The number of nitrogens with one attached hydrogen (secondary N) is 1. The third-order valence-corrected chi connectivity index (χ3v) is 2.82. The molecule has 0 radical (unpaired) electrons. The topological polar surface area (TPSA) is 38.3 Å². The van der Waals surface area contributed by atoms with E-state index in [1.165, 1.54) is 0 Å². The summed E-state index contributed by atoms with van der Waals surface area (Å²) in [6.45, 7) is 5.28. The van der Waals surface area contributed by atoms with Crippen LogP contribution in [0, 0.1) is 11.3 Å². The first-order valence-corrected chi connectivity index (χ1v) is 4.50. The lowest BCUT2D eigenvalue weighted by molar-refractivity contribution is -0.157. The molecule has 1 saturated heterocycles. The van der Waals surface area contributed by atoms with E-state index in [-0.39, 0.29) is 11.3 Å². The van der Waals surface area contributed by atoms with E-state index in [0.29, 0.717) is 25.2 Å². The maximum atomic E-state index is 11.6. The van der Waals surface area contributed by atoms with Gasteiger partial charge in [0, 0.05) is 6.04 Å². The molecule has 1 heterocycles. The van der Waals surface area contributed by atoms with E-state index in [4.69, 9.17) is 4.74 Å². The van der Waals surface area contributed by atoms with E-state index in [0.717, 1.165) is 6.42 Å². The predicted octanol–water partition coefficient (Wildman–Crippen LogP) is 0.547. The van der Waals surface area contributed by atoms with Crippen LogP contribution in [-0.2, 0) is 9.53 Å². The zero-order valence-corrected chi connectivity index (χ0v) is 7.59. The Morgan fingerprint density at radius 1 is 1.58 bits per heavy atom. The third-order valence-electron chi connectivity index (χ3n) is 2.82. The molecule has 1 amide bonds. The van der Waals surface area contributed by atoms with Gasteiger partial charge in [0.1, 0.15) is 0 Å². The largest absolute Gasteiger partial charge is 0.379 e. The van der Waals surface area contributed by atoms with Crippen molar-refractivity contribution in [2.75, 3.05) is 13.2 Å². The lowest BCUT2D eigenvalue weighted by Crippen LogP contribution is -2.52. The highest BCUT2D eigenvalue weighted by atomic mass is 16.5. The molecule has 0 aromatic rings. The molecule has 3 nitrogen and oxygen atoms in total. The minimum absolute atomic E-state index is 0.170. The maximum Gasteiger partial charge on any atom is 0.230 e. The molecule has 12 heavy (non-hydrogen) atoms. The number of ether oxygens (including phenoxy) is 1. The lowest BCUT2D eigenvalue weighted by Gasteiger charge is -2.36. The minimum atomic E-state index is -0.234. The summed E-state index contributed by atoms with van der Waals surface area (Å²) in [5.41, 5.74) is -0.234. The second-order valence-corrected chi connectivity index (χ2v) is 4.35. The molecule has 0 unspecified atom stereocenters. The normalized spacial score (nSPS) is 36.8. The first-order valence-electron chi connectivity index (χ1n) is 4.50. The molecule has 1 saturated carbocycles. The first kappa shape index (κ1) is 8.05. The minimum Gasteiger partial charge on any atom is -0.379 e. The summed E-state index contributed by atoms with van der Waals surface area (Å²) in [5.74, 6) is 0.849. The van der Waals surface area contributed by atoms with Gasteiger partial charge in [-0.3, -0.25) is 4.79 Å². The Hall–Kier alpha value is -0.570. The van der Waals surface area contributed by atoms with Crippen molar-refractivity contribution in [1.29, 1.82) is 0 Å². The maximum absolute atomic E-state index is 11.6. The Kier molecular flexibility index (Phi) is 1.65. The molecule has 1 aliphatic heterocycles. The van der Waals surface area contributed by atoms with Crippen molar-refractivity contribution in [1.82, 2.24) is 5.32 Å². The van der Waals surface area contributed by atoms with Crippen molar-refractivity contribution < 1.29 is 9.53 Å². The van der Waals surface area contributed by atoms with Crippen LogP contribution in [0.3, 0.4) is 0 Å². The van der Waals surface area contributed by atoms with Crippen LogP contribution in [0.5, 0.6) is 0 Å². The lowest BCUT2D eigenvalue weighted by atomic mass is 9.87. The SMILES string of the molecule is C[C@@H]1C[C@H]1NC(=O)C1(C)COC1. The molecule has 0 bridgehead atoms. The second-order valence-electron chi connectivity index (χ2n) is 4.35. The molecular formula is C9H15NO2. The van der Waals surface area contributed by atoms with Gasteiger partial charge in [-0.2, -0.15) is 0 Å². The Morgan fingerprint density at radius 2 is 2.17 bits per heavy atom. The van der Waals surface area contributed by atoms with Crippen molar-refractivity contribution in [3.63, 3.8) is 0 Å². The molecule has 0 aromatic carbocycles. The van der Waals surface area contributed by atoms with Crippen LogP contribution >= 0.6 is 0 Å². The fourth-order valence-electron chi connectivity index (χ4n) is 1.41. The van der Waals surface area contributed by atoms with Crippen molar-refractivity contribution in [3.05, 3.63) is 0 Å². The van der Waals surface area contributed by atoms with Gasteiger partial charge in [0.05, 0.1) is 18.6 Å². The summed E-state index contributed by atoms with van der Waals surface area (Å²) < 4.78 is 5.03. The number of amides is 1. The molecule has 2 fully saturated rings. The van der Waals surface area contributed by atoms with Crippen LogP contribution in [0.15, 0.2) is 0 Å². The van der Waals surface area contributed by atoms with Gasteiger partial charge in [-0.25, -0.2) is 0 Å². The third kappa shape index (κ3) is 1.22. The van der Waals surface area contributed by atoms with E-state index in [9.17, 15) is 4.79 Å². The van der Waals surface area contributed by atoms with Crippen molar-refractivity contribution in [2.45, 2.75) is 26.3 Å². The van der Waals surface area contributed by atoms with Crippen LogP contribution in [0.1, 0.15) is 20.3 Å². The standard InChI is InChI=1S/C9H15NO2/c1-6-3-7(6)10-8(11)9(2)4-12-5-9/h6-7H,3-5H2,1-2H3,(H,10,11)/t6-,7-/m1/s1. The Morgan fingerprint density at radius 3 is 2.50 bits per heavy atom. The summed E-state index contributed by atoms with van der Waals surface area (Å²) in [6.07, 6.45) is 1.14. The van der Waals surface area contributed by atoms with Crippen molar-refractivity contribution in [3.8, 4) is 0 Å². The molecule has 68 valence electrons. The van der Waals surface area contributed by atoms with Crippen LogP contribution in [0.25, 0.3) is 0 Å². The monoisotopic (exact) mass is 169 g/mol. The van der Waals surface area contributed by atoms with E-state index < -0.39 is 0 Å². The predicted molar refractivity (Wildman–Crippen MR) is 44.6 cm³/mol. The van der Waals surface area contributed by atoms with Crippen LogP contribution in [0.4, 0.5) is 0 Å². The highest BCUT2D eigenvalue weighted by molar-refractivity contribution is 5.83. The average Bonchev–Trinajstić information content (AvgIpc) is 2.61. The Labute approximate surface area is 72.5 Å². The fraction of sp³-hybridized carbons (Fsp3) is 0.889. The summed E-state index contributed by atoms with van der Waals surface area (Å²) in [7, 11) is 0. The molecule has 1 aliphatic carbocycles. The summed E-state index contributed by atoms with van der Waals surface area (Å²) in [5, 5.41) is 3.03. The highest BCUT2D eigenvalue weighted by Gasteiger charge is 2.44. The Bertz CT molecular complexity index is 211. The summed E-state index contributed by atoms with van der Waals surface area (Å²) in [4.78, 5) is 11.6. The summed E-state index contributed by atoms with van der Waals surface area (Å²) in [6, 6.07) is 0.440. The van der Waals surface area contributed by atoms with E-state index in [1.54, 1.807) is 0 Å². The molecular weight excluding hydrogens is 154 g/mol. The van der Waals surface area contributed by atoms with Gasteiger partial charge >= 0.3 is 0 Å². The van der Waals surface area contributed by atoms with Crippen molar-refractivity contribution >= 4 is 5.91 Å². The molecule has 1 N–H and O–H groups in total. The average molecular weight is 169 g/mol. The van der Waals surface area contributed by atoms with Crippen LogP contribution in [-0.4, -0.2) is 25.2 Å². The zero-order chi connectivity index (χ0) is 8.77. The van der Waals surface area contributed by atoms with Gasteiger partial charge in [0.15, 0.2) is 0 Å². The quantitative estimate of drug-likeness (QED) is 0.655. The molecule has 0 spiro atoms.